The van der Waals surface area contributed by atoms with Crippen LogP contribution < -0.4 is 10.5 Å². The summed E-state index contributed by atoms with van der Waals surface area (Å²) in [5.74, 6) is 0.353. The number of ether oxygens (including phenoxy) is 1. The molecule has 1 rings (SSSR count). The SMILES string of the molecule is COc1ccc(S(=O)(=O)N(CC#N)CC#N)cc1N. The lowest BCUT2D eigenvalue weighted by atomic mass is 10.3. The van der Waals surface area contributed by atoms with E-state index in [1.54, 1.807) is 12.1 Å². The van der Waals surface area contributed by atoms with Crippen molar-refractivity contribution in [3.05, 3.63) is 18.2 Å². The van der Waals surface area contributed by atoms with Gasteiger partial charge in [-0.15, -0.1) is 0 Å². The molecule has 0 aromatic heterocycles. The molecule has 0 bridgehead atoms. The second-order valence-electron chi connectivity index (χ2n) is 3.49. The number of hydrogen-bond acceptors (Lipinski definition) is 6. The average molecular weight is 280 g/mol. The minimum atomic E-state index is -3.92. The average Bonchev–Trinajstić information content (AvgIpc) is 2.38. The van der Waals surface area contributed by atoms with Gasteiger partial charge in [0, 0.05) is 0 Å². The van der Waals surface area contributed by atoms with Crippen LogP contribution in [-0.4, -0.2) is 32.9 Å². The van der Waals surface area contributed by atoms with E-state index in [0.717, 1.165) is 4.31 Å². The number of sulfonamides is 1. The first-order chi connectivity index (χ1) is 8.97. The van der Waals surface area contributed by atoms with Crippen LogP contribution >= 0.6 is 0 Å². The van der Waals surface area contributed by atoms with Gasteiger partial charge in [0.1, 0.15) is 18.8 Å². The van der Waals surface area contributed by atoms with Crippen molar-refractivity contribution in [2.24, 2.45) is 0 Å². The molecule has 100 valence electrons. The quantitative estimate of drug-likeness (QED) is 0.612. The molecule has 0 amide bonds. The van der Waals surface area contributed by atoms with E-state index in [-0.39, 0.29) is 10.6 Å². The summed E-state index contributed by atoms with van der Waals surface area (Å²) in [6, 6.07) is 7.37. The van der Waals surface area contributed by atoms with Gasteiger partial charge >= 0.3 is 0 Å². The van der Waals surface area contributed by atoms with Crippen LogP contribution in [0.15, 0.2) is 23.1 Å². The summed E-state index contributed by atoms with van der Waals surface area (Å²) < 4.78 is 30.1. The number of hydrogen-bond donors (Lipinski definition) is 1. The molecule has 0 aliphatic rings. The van der Waals surface area contributed by atoms with Crippen LogP contribution in [0.2, 0.25) is 0 Å². The van der Waals surface area contributed by atoms with E-state index < -0.39 is 23.1 Å². The maximum atomic E-state index is 12.2. The topological polar surface area (TPSA) is 120 Å². The predicted molar refractivity (Wildman–Crippen MR) is 67.4 cm³/mol. The number of nitrogen functional groups attached to an aromatic ring is 1. The third-order valence-corrected chi connectivity index (χ3v) is 4.12. The molecule has 0 fully saturated rings. The molecule has 0 aliphatic carbocycles. The Balaban J connectivity index is 3.23. The minimum absolute atomic E-state index is 0.0868. The monoisotopic (exact) mass is 280 g/mol. The summed E-state index contributed by atoms with van der Waals surface area (Å²) in [6.45, 7) is -0.802. The van der Waals surface area contributed by atoms with E-state index in [4.69, 9.17) is 21.0 Å². The van der Waals surface area contributed by atoms with Crippen molar-refractivity contribution in [2.75, 3.05) is 25.9 Å². The zero-order valence-corrected chi connectivity index (χ0v) is 11.0. The highest BCUT2D eigenvalue weighted by atomic mass is 32.2. The second-order valence-corrected chi connectivity index (χ2v) is 5.43. The van der Waals surface area contributed by atoms with E-state index in [0.29, 0.717) is 5.75 Å². The fourth-order valence-electron chi connectivity index (χ4n) is 1.41. The lowest BCUT2D eigenvalue weighted by Crippen LogP contribution is -2.31. The molecule has 7 nitrogen and oxygen atoms in total. The van der Waals surface area contributed by atoms with E-state index >= 15 is 0 Å². The smallest absolute Gasteiger partial charge is 0.245 e. The molecule has 0 heterocycles. The summed E-state index contributed by atoms with van der Waals surface area (Å²) in [5.41, 5.74) is 5.80. The van der Waals surface area contributed by atoms with Gasteiger partial charge in [-0.25, -0.2) is 8.42 Å². The van der Waals surface area contributed by atoms with Gasteiger partial charge in [0.25, 0.3) is 0 Å². The van der Waals surface area contributed by atoms with Crippen LogP contribution in [0.4, 0.5) is 5.69 Å². The number of benzene rings is 1. The molecular weight excluding hydrogens is 268 g/mol. The van der Waals surface area contributed by atoms with Crippen LogP contribution in [0.5, 0.6) is 5.75 Å². The molecule has 2 N–H and O–H groups in total. The van der Waals surface area contributed by atoms with Crippen molar-refractivity contribution in [1.82, 2.24) is 4.31 Å². The van der Waals surface area contributed by atoms with Gasteiger partial charge in [0.05, 0.1) is 29.8 Å². The first-order valence-electron chi connectivity index (χ1n) is 5.15. The van der Waals surface area contributed by atoms with Crippen LogP contribution in [-0.2, 0) is 10.0 Å². The highest BCUT2D eigenvalue weighted by Gasteiger charge is 2.24. The van der Waals surface area contributed by atoms with Gasteiger partial charge in [-0.05, 0) is 18.2 Å². The van der Waals surface area contributed by atoms with Crippen LogP contribution in [0.1, 0.15) is 0 Å². The van der Waals surface area contributed by atoms with E-state index in [1.165, 1.54) is 25.3 Å². The lowest BCUT2D eigenvalue weighted by molar-refractivity contribution is 0.416. The van der Waals surface area contributed by atoms with Gasteiger partial charge in [0.2, 0.25) is 10.0 Å². The largest absolute Gasteiger partial charge is 0.495 e. The fraction of sp³-hybridized carbons (Fsp3) is 0.273. The third-order valence-electron chi connectivity index (χ3n) is 2.33. The van der Waals surface area contributed by atoms with Gasteiger partial charge in [-0.3, -0.25) is 0 Å². The van der Waals surface area contributed by atoms with Crippen molar-refractivity contribution in [3.8, 4) is 17.9 Å². The van der Waals surface area contributed by atoms with E-state index in [9.17, 15) is 8.42 Å². The van der Waals surface area contributed by atoms with Gasteiger partial charge in [0.15, 0.2) is 0 Å². The molecule has 0 radical (unpaired) electrons. The first kappa shape index (κ1) is 14.8. The zero-order chi connectivity index (χ0) is 14.5. The Bertz CT molecular complexity index is 627. The van der Waals surface area contributed by atoms with Gasteiger partial charge in [-0.2, -0.15) is 14.8 Å². The molecule has 0 atom stereocenters. The number of nitriles is 2. The number of anilines is 1. The first-order valence-corrected chi connectivity index (χ1v) is 6.59. The Kier molecular flexibility index (Phi) is 4.70. The molecule has 0 saturated carbocycles. The maximum Gasteiger partial charge on any atom is 0.245 e. The van der Waals surface area contributed by atoms with Crippen molar-refractivity contribution in [1.29, 1.82) is 10.5 Å². The van der Waals surface area contributed by atoms with Gasteiger partial charge < -0.3 is 10.5 Å². The molecule has 0 saturated heterocycles. The normalized spacial score (nSPS) is 10.7. The van der Waals surface area contributed by atoms with Gasteiger partial charge in [-0.1, -0.05) is 0 Å². The molecule has 8 heteroatoms. The summed E-state index contributed by atoms with van der Waals surface area (Å²) in [6.07, 6.45) is 0. The number of nitrogens with zero attached hydrogens (tertiary/aromatic N) is 3. The molecule has 0 aliphatic heterocycles. The summed E-state index contributed by atoms with van der Waals surface area (Å²) >= 11 is 0. The van der Waals surface area contributed by atoms with Crippen molar-refractivity contribution in [2.45, 2.75) is 4.90 Å². The van der Waals surface area contributed by atoms with Crippen molar-refractivity contribution in [3.63, 3.8) is 0 Å². The number of methoxy groups -OCH3 is 1. The summed E-state index contributed by atoms with van der Waals surface area (Å²) in [7, 11) is -2.51. The Morgan fingerprint density at radius 1 is 1.32 bits per heavy atom. The highest BCUT2D eigenvalue weighted by Crippen LogP contribution is 2.26. The number of rotatable bonds is 5. The predicted octanol–water partition coefficient (Wildman–Crippen LogP) is 0.315. The second kappa shape index (κ2) is 6.05. The standard InChI is InChI=1S/C11H12N4O3S/c1-18-11-3-2-9(8-10(11)14)19(16,17)15(6-4-12)7-5-13/h2-3,8H,6-7,14H2,1H3. The molecule has 0 unspecified atom stereocenters. The molecule has 1 aromatic carbocycles. The molecule has 0 spiro atoms. The summed E-state index contributed by atoms with van der Waals surface area (Å²) in [4.78, 5) is -0.0868. The Labute approximate surface area is 111 Å². The van der Waals surface area contributed by atoms with Crippen molar-refractivity contribution < 1.29 is 13.2 Å². The van der Waals surface area contributed by atoms with Crippen LogP contribution in [0.25, 0.3) is 0 Å². The minimum Gasteiger partial charge on any atom is -0.495 e. The molecular formula is C11H12N4O3S. The Morgan fingerprint density at radius 2 is 1.89 bits per heavy atom. The molecule has 1 aromatic rings. The zero-order valence-electron chi connectivity index (χ0n) is 10.2. The Hall–Kier alpha value is -2.29. The lowest BCUT2D eigenvalue weighted by Gasteiger charge is -2.16. The van der Waals surface area contributed by atoms with Crippen molar-refractivity contribution >= 4 is 15.7 Å². The molecule has 19 heavy (non-hydrogen) atoms. The van der Waals surface area contributed by atoms with Crippen LogP contribution in [0, 0.1) is 22.7 Å². The van der Waals surface area contributed by atoms with E-state index in [2.05, 4.69) is 0 Å². The van der Waals surface area contributed by atoms with E-state index in [1.807, 2.05) is 0 Å². The van der Waals surface area contributed by atoms with Crippen LogP contribution in [0.3, 0.4) is 0 Å². The fourth-order valence-corrected chi connectivity index (χ4v) is 2.67. The number of nitrogens with two attached hydrogens (primary N) is 1. The third kappa shape index (κ3) is 3.13. The highest BCUT2D eigenvalue weighted by molar-refractivity contribution is 7.89. The Morgan fingerprint density at radius 3 is 2.32 bits per heavy atom. The summed E-state index contributed by atoms with van der Waals surface area (Å²) in [5, 5.41) is 17.2. The maximum absolute atomic E-state index is 12.2.